The molecule has 0 unspecified atom stereocenters. The Morgan fingerprint density at radius 2 is 2.00 bits per heavy atom. The molecule has 8 nitrogen and oxygen atoms in total. The van der Waals surface area contributed by atoms with E-state index in [-0.39, 0.29) is 24.7 Å². The molecule has 0 aromatic carbocycles. The summed E-state index contributed by atoms with van der Waals surface area (Å²) in [6, 6.07) is 0. The molecule has 4 saturated carbocycles. The van der Waals surface area contributed by atoms with E-state index in [2.05, 4.69) is 6.58 Å². The summed E-state index contributed by atoms with van der Waals surface area (Å²) in [6.45, 7) is 7.16. The van der Waals surface area contributed by atoms with E-state index in [0.717, 1.165) is 0 Å². The van der Waals surface area contributed by atoms with Gasteiger partial charge in [-0.1, -0.05) is 13.5 Å². The van der Waals surface area contributed by atoms with Crippen LogP contribution in [0.25, 0.3) is 0 Å². The van der Waals surface area contributed by atoms with Gasteiger partial charge in [-0.2, -0.15) is 4.89 Å². The molecule has 8 heteroatoms. The maximum Gasteiger partial charge on any atom is 0.302 e. The van der Waals surface area contributed by atoms with Crippen LogP contribution in [0, 0.1) is 28.6 Å². The van der Waals surface area contributed by atoms with Gasteiger partial charge in [-0.3, -0.25) is 9.59 Å². The van der Waals surface area contributed by atoms with Crippen LogP contribution in [-0.2, 0) is 24.1 Å². The SMILES string of the molecule is C=C1C(=O)[C@]23C[C@H]1C[C@@H](O)[C@H]2[C@]12CCC[C@@](C)(COC(C)=O)[C@H]1[C@H](O)[C@@]3(O)OO2. The Morgan fingerprint density at radius 3 is 2.69 bits per heavy atom. The van der Waals surface area contributed by atoms with Gasteiger partial charge in [-0.15, -0.1) is 0 Å². The van der Waals surface area contributed by atoms with Crippen LogP contribution in [0.4, 0.5) is 0 Å². The van der Waals surface area contributed by atoms with Gasteiger partial charge in [0.05, 0.1) is 12.7 Å². The maximum absolute atomic E-state index is 13.4. The van der Waals surface area contributed by atoms with E-state index in [0.29, 0.717) is 31.3 Å². The molecule has 0 aromatic heterocycles. The van der Waals surface area contributed by atoms with E-state index < -0.39 is 52.2 Å². The molecule has 160 valence electrons. The minimum absolute atomic E-state index is 0.0460. The highest BCUT2D eigenvalue weighted by Gasteiger charge is 2.86. The molecule has 4 bridgehead atoms. The zero-order valence-electron chi connectivity index (χ0n) is 16.7. The molecular weight excluding hydrogens is 380 g/mol. The van der Waals surface area contributed by atoms with Crippen LogP contribution < -0.4 is 0 Å². The molecule has 2 heterocycles. The summed E-state index contributed by atoms with van der Waals surface area (Å²) in [6.07, 6.45) is 0.0878. The third-order valence-corrected chi connectivity index (χ3v) is 8.60. The van der Waals surface area contributed by atoms with Crippen molar-refractivity contribution in [2.24, 2.45) is 28.6 Å². The summed E-state index contributed by atoms with van der Waals surface area (Å²) < 4.78 is 5.31. The molecule has 0 radical (unpaired) electrons. The van der Waals surface area contributed by atoms with Gasteiger partial charge in [-0.05, 0) is 43.6 Å². The van der Waals surface area contributed by atoms with E-state index in [4.69, 9.17) is 14.5 Å². The Kier molecular flexibility index (Phi) is 3.84. The first-order chi connectivity index (χ1) is 13.5. The molecule has 29 heavy (non-hydrogen) atoms. The molecule has 0 aromatic rings. The monoisotopic (exact) mass is 408 g/mol. The van der Waals surface area contributed by atoms with Crippen molar-refractivity contribution in [2.45, 2.75) is 69.5 Å². The highest BCUT2D eigenvalue weighted by Crippen LogP contribution is 2.74. The Labute approximate surface area is 168 Å². The number of fused-ring (bicyclic) bond motifs is 2. The van der Waals surface area contributed by atoms with Crippen molar-refractivity contribution in [3.05, 3.63) is 12.2 Å². The maximum atomic E-state index is 13.4. The first-order valence-electron chi connectivity index (χ1n) is 10.4. The number of carbonyl (C=O) groups excluding carboxylic acids is 2. The molecule has 2 spiro atoms. The Morgan fingerprint density at radius 1 is 1.28 bits per heavy atom. The van der Waals surface area contributed by atoms with E-state index in [1.807, 2.05) is 6.92 Å². The van der Waals surface area contributed by atoms with Crippen LogP contribution in [0.1, 0.15) is 46.0 Å². The van der Waals surface area contributed by atoms with E-state index in [1.165, 1.54) is 6.92 Å². The summed E-state index contributed by atoms with van der Waals surface area (Å²) in [7, 11) is 0. The zero-order chi connectivity index (χ0) is 21.0. The lowest BCUT2D eigenvalue weighted by Gasteiger charge is -2.72. The molecular formula is C21H28O8. The van der Waals surface area contributed by atoms with Crippen molar-refractivity contribution in [3.8, 4) is 0 Å². The summed E-state index contributed by atoms with van der Waals surface area (Å²) in [5.41, 5.74) is -2.99. The van der Waals surface area contributed by atoms with Crippen molar-refractivity contribution in [3.63, 3.8) is 0 Å². The van der Waals surface area contributed by atoms with Gasteiger partial charge in [0, 0.05) is 24.2 Å². The Bertz CT molecular complexity index is 811. The second-order valence-corrected chi connectivity index (χ2v) is 10.0. The summed E-state index contributed by atoms with van der Waals surface area (Å²) in [4.78, 5) is 36.1. The highest BCUT2D eigenvalue weighted by atomic mass is 17.2. The second-order valence-electron chi connectivity index (χ2n) is 10.0. The van der Waals surface area contributed by atoms with Crippen molar-refractivity contribution in [1.82, 2.24) is 0 Å². The largest absolute Gasteiger partial charge is 0.465 e. The number of allylic oxidation sites excluding steroid dienone is 1. The van der Waals surface area contributed by atoms with Gasteiger partial charge in [0.2, 0.25) is 5.79 Å². The van der Waals surface area contributed by atoms with Crippen LogP contribution in [-0.4, -0.2) is 57.3 Å². The quantitative estimate of drug-likeness (QED) is 0.346. The lowest BCUT2D eigenvalue weighted by molar-refractivity contribution is -0.597. The Balaban J connectivity index is 1.68. The topological polar surface area (TPSA) is 123 Å². The number of rotatable bonds is 2. The first kappa shape index (κ1) is 19.6. The lowest BCUT2D eigenvalue weighted by atomic mass is 9.41. The molecule has 9 atom stereocenters. The van der Waals surface area contributed by atoms with Gasteiger partial charge in [0.1, 0.15) is 17.1 Å². The number of hydrogen-bond acceptors (Lipinski definition) is 8. The minimum Gasteiger partial charge on any atom is -0.465 e. The Hall–Kier alpha value is -1.32. The summed E-state index contributed by atoms with van der Waals surface area (Å²) in [5.74, 6) is -4.74. The molecule has 2 saturated heterocycles. The number of aliphatic hydroxyl groups is 3. The average molecular weight is 408 g/mol. The fraction of sp³-hybridized carbons (Fsp3) is 0.810. The molecule has 0 amide bonds. The first-order valence-corrected chi connectivity index (χ1v) is 10.4. The van der Waals surface area contributed by atoms with Crippen molar-refractivity contribution in [1.29, 1.82) is 0 Å². The fourth-order valence-electron chi connectivity index (χ4n) is 7.60. The normalized spacial score (nSPS) is 55.4. The summed E-state index contributed by atoms with van der Waals surface area (Å²) >= 11 is 0. The molecule has 6 rings (SSSR count). The molecule has 6 aliphatic rings. The van der Waals surface area contributed by atoms with E-state index >= 15 is 0 Å². The number of carbonyl (C=O) groups is 2. The molecule has 3 N–H and O–H groups in total. The van der Waals surface area contributed by atoms with E-state index in [9.17, 15) is 24.9 Å². The third-order valence-electron chi connectivity index (χ3n) is 8.60. The van der Waals surface area contributed by atoms with Gasteiger partial charge in [0.25, 0.3) is 0 Å². The van der Waals surface area contributed by atoms with Crippen molar-refractivity contribution < 1.29 is 39.4 Å². The van der Waals surface area contributed by atoms with Crippen LogP contribution in [0.15, 0.2) is 12.2 Å². The smallest absolute Gasteiger partial charge is 0.302 e. The molecule has 2 aliphatic heterocycles. The average Bonchev–Trinajstić information content (AvgIpc) is 2.85. The standard InChI is InChI=1S/C21H28O8/c1-10-12-7-13(23)14-19(8-12,16(10)24)21(26)17(25)15-18(3,9-27-11(2)22)5-4-6-20(14,15)28-29-21/h12-15,17,23,25-26H,1,4-9H2,2-3H3/t12-,13-,14-,15-,17+,18+,19+,20-,21-/m1/s1. The molecule has 6 fully saturated rings. The van der Waals surface area contributed by atoms with Crippen LogP contribution >= 0.6 is 0 Å². The van der Waals surface area contributed by atoms with Gasteiger partial charge >= 0.3 is 5.97 Å². The third kappa shape index (κ3) is 2.02. The van der Waals surface area contributed by atoms with Crippen LogP contribution in [0.2, 0.25) is 0 Å². The van der Waals surface area contributed by atoms with Crippen molar-refractivity contribution in [2.75, 3.05) is 6.61 Å². The van der Waals surface area contributed by atoms with Gasteiger partial charge in [-0.25, -0.2) is 4.89 Å². The number of esters is 1. The highest BCUT2D eigenvalue weighted by molar-refractivity contribution is 6.04. The summed E-state index contributed by atoms with van der Waals surface area (Å²) in [5, 5.41) is 34.2. The number of aliphatic hydroxyl groups excluding tert-OH is 2. The number of ether oxygens (including phenoxy) is 1. The number of hydrogen-bond donors (Lipinski definition) is 3. The number of ketones is 1. The van der Waals surface area contributed by atoms with Crippen molar-refractivity contribution >= 4 is 11.8 Å². The van der Waals surface area contributed by atoms with Gasteiger partial charge in [0.15, 0.2) is 5.78 Å². The zero-order valence-corrected chi connectivity index (χ0v) is 16.7. The van der Waals surface area contributed by atoms with Gasteiger partial charge < -0.3 is 20.1 Å². The lowest BCUT2D eigenvalue weighted by Crippen LogP contribution is -2.85. The minimum atomic E-state index is -2.30. The fourth-order valence-corrected chi connectivity index (χ4v) is 7.60. The predicted molar refractivity (Wildman–Crippen MR) is 96.7 cm³/mol. The molecule has 4 aliphatic carbocycles. The predicted octanol–water partition coefficient (Wildman–Crippen LogP) is 0.632. The van der Waals surface area contributed by atoms with Crippen LogP contribution in [0.3, 0.4) is 0 Å². The number of Topliss-reactive ketones (excluding diaryl/α,β-unsaturated/α-hetero) is 1. The second kappa shape index (κ2) is 5.68. The van der Waals surface area contributed by atoms with Crippen LogP contribution in [0.5, 0.6) is 0 Å². The van der Waals surface area contributed by atoms with E-state index in [1.54, 1.807) is 0 Å².